The van der Waals surface area contributed by atoms with Crippen molar-refractivity contribution in [3.8, 4) is 0 Å². The van der Waals surface area contributed by atoms with Gasteiger partial charge in [0.1, 0.15) is 18.1 Å². The Balaban J connectivity index is 3.05. The third-order valence-electron chi connectivity index (χ3n) is 5.79. The Kier molecular flexibility index (Phi) is 13.7. The highest BCUT2D eigenvalue weighted by atomic mass is 16.4. The van der Waals surface area contributed by atoms with Crippen LogP contribution in [0.4, 0.5) is 0 Å². The number of carboxylic acid groups (broad SMARTS) is 1. The summed E-state index contributed by atoms with van der Waals surface area (Å²) in [4.78, 5) is 50.7. The van der Waals surface area contributed by atoms with Crippen molar-refractivity contribution < 1.29 is 24.3 Å². The van der Waals surface area contributed by atoms with Gasteiger partial charge in [-0.25, -0.2) is 4.79 Å². The van der Waals surface area contributed by atoms with E-state index >= 15 is 0 Å². The summed E-state index contributed by atoms with van der Waals surface area (Å²) < 4.78 is 0. The van der Waals surface area contributed by atoms with E-state index in [1.54, 1.807) is 13.8 Å². The molecule has 202 valence electrons. The average Bonchev–Trinajstić information content (AvgIpc) is 2.81. The molecule has 0 spiro atoms. The third kappa shape index (κ3) is 11.2. The molecule has 3 amide bonds. The van der Waals surface area contributed by atoms with Crippen LogP contribution >= 0.6 is 0 Å². The maximum atomic E-state index is 13.2. The molecule has 0 radical (unpaired) electrons. The number of rotatable bonds is 16. The number of carboxylic acids is 1. The van der Waals surface area contributed by atoms with Crippen LogP contribution in [0.5, 0.6) is 0 Å². The summed E-state index contributed by atoms with van der Waals surface area (Å²) in [6.45, 7) is 7.89. The molecule has 0 fully saturated rings. The monoisotopic (exact) mass is 505 g/mol. The first kappa shape index (κ1) is 31.1. The Labute approximate surface area is 213 Å². The Morgan fingerprint density at radius 2 is 1.47 bits per heavy atom. The highest BCUT2D eigenvalue weighted by Crippen LogP contribution is 2.10. The first-order chi connectivity index (χ1) is 17.0. The van der Waals surface area contributed by atoms with Gasteiger partial charge in [0.05, 0.1) is 6.04 Å². The van der Waals surface area contributed by atoms with Crippen LogP contribution in [0.1, 0.15) is 58.9 Å². The Bertz CT molecular complexity index is 846. The molecular weight excluding hydrogens is 462 g/mol. The number of amides is 3. The quantitative estimate of drug-likeness (QED) is 0.181. The molecule has 0 aliphatic rings. The van der Waals surface area contributed by atoms with Crippen LogP contribution in [0.25, 0.3) is 0 Å². The van der Waals surface area contributed by atoms with Crippen molar-refractivity contribution in [1.82, 2.24) is 16.0 Å². The standard InChI is InChI=1S/C26H43N5O5/c1-16(2)14-19(28)23(32)31-22(17(3)4)25(34)30-21(15-18-10-6-5-7-11-18)24(33)29-20(26(35)36)12-8-9-13-27/h5-7,10-11,16-17,19-22H,8-9,12-15,27-28H2,1-4H3,(H,29,33)(H,30,34)(H,31,32)(H,35,36). The summed E-state index contributed by atoms with van der Waals surface area (Å²) >= 11 is 0. The van der Waals surface area contributed by atoms with E-state index in [0.717, 1.165) is 5.56 Å². The van der Waals surface area contributed by atoms with Gasteiger partial charge in [0.2, 0.25) is 17.7 Å². The van der Waals surface area contributed by atoms with Crippen molar-refractivity contribution in [2.24, 2.45) is 23.3 Å². The fourth-order valence-electron chi connectivity index (χ4n) is 3.75. The van der Waals surface area contributed by atoms with Crippen LogP contribution in [0.15, 0.2) is 30.3 Å². The number of nitrogens with two attached hydrogens (primary N) is 2. The molecule has 1 rings (SSSR count). The summed E-state index contributed by atoms with van der Waals surface area (Å²) in [5.41, 5.74) is 12.3. The van der Waals surface area contributed by atoms with Crippen molar-refractivity contribution in [1.29, 1.82) is 0 Å². The van der Waals surface area contributed by atoms with E-state index in [2.05, 4.69) is 16.0 Å². The Morgan fingerprint density at radius 3 is 2.00 bits per heavy atom. The second-order valence-electron chi connectivity index (χ2n) is 9.90. The fraction of sp³-hybridized carbons (Fsp3) is 0.615. The zero-order valence-electron chi connectivity index (χ0n) is 21.8. The van der Waals surface area contributed by atoms with Gasteiger partial charge in [-0.1, -0.05) is 58.0 Å². The van der Waals surface area contributed by atoms with E-state index in [4.69, 9.17) is 11.5 Å². The molecule has 10 heteroatoms. The van der Waals surface area contributed by atoms with Gasteiger partial charge in [-0.05, 0) is 49.6 Å². The number of carbonyl (C=O) groups excluding carboxylic acids is 3. The van der Waals surface area contributed by atoms with Crippen molar-refractivity contribution in [2.45, 2.75) is 84.0 Å². The van der Waals surface area contributed by atoms with E-state index in [-0.39, 0.29) is 24.7 Å². The first-order valence-corrected chi connectivity index (χ1v) is 12.6. The largest absolute Gasteiger partial charge is 0.480 e. The molecule has 1 aromatic carbocycles. The summed E-state index contributed by atoms with van der Waals surface area (Å²) in [5.74, 6) is -2.81. The van der Waals surface area contributed by atoms with Gasteiger partial charge in [-0.3, -0.25) is 14.4 Å². The number of aliphatic carboxylic acids is 1. The number of carbonyl (C=O) groups is 4. The SMILES string of the molecule is CC(C)CC(N)C(=O)NC(C(=O)NC(Cc1ccccc1)C(=O)NC(CCCCN)C(=O)O)C(C)C. The van der Waals surface area contributed by atoms with Crippen molar-refractivity contribution in [3.05, 3.63) is 35.9 Å². The lowest BCUT2D eigenvalue weighted by atomic mass is 9.99. The van der Waals surface area contributed by atoms with Crippen LogP contribution in [-0.4, -0.2) is 59.5 Å². The molecule has 4 atom stereocenters. The molecule has 10 nitrogen and oxygen atoms in total. The zero-order chi connectivity index (χ0) is 27.3. The second kappa shape index (κ2) is 15.9. The van der Waals surface area contributed by atoms with Crippen molar-refractivity contribution in [3.63, 3.8) is 0 Å². The van der Waals surface area contributed by atoms with E-state index in [1.165, 1.54) is 0 Å². The normalized spacial score (nSPS) is 14.6. The molecule has 0 aliphatic carbocycles. The van der Waals surface area contributed by atoms with Crippen LogP contribution in [0.3, 0.4) is 0 Å². The number of hydrogen-bond acceptors (Lipinski definition) is 6. The highest BCUT2D eigenvalue weighted by molar-refractivity contribution is 5.94. The summed E-state index contributed by atoms with van der Waals surface area (Å²) in [6, 6.07) is 5.27. The molecule has 0 saturated carbocycles. The molecule has 0 aliphatic heterocycles. The van der Waals surface area contributed by atoms with E-state index in [9.17, 15) is 24.3 Å². The van der Waals surface area contributed by atoms with Gasteiger partial charge in [0.15, 0.2) is 0 Å². The number of benzene rings is 1. The van der Waals surface area contributed by atoms with Gasteiger partial charge >= 0.3 is 5.97 Å². The maximum Gasteiger partial charge on any atom is 0.326 e. The molecule has 0 aromatic heterocycles. The lowest BCUT2D eigenvalue weighted by molar-refractivity contribution is -0.142. The Hall–Kier alpha value is -2.98. The van der Waals surface area contributed by atoms with E-state index in [0.29, 0.717) is 25.8 Å². The first-order valence-electron chi connectivity index (χ1n) is 12.6. The van der Waals surface area contributed by atoms with Gasteiger partial charge < -0.3 is 32.5 Å². The smallest absolute Gasteiger partial charge is 0.326 e. The predicted octanol–water partition coefficient (Wildman–Crippen LogP) is 0.927. The van der Waals surface area contributed by atoms with Crippen molar-refractivity contribution in [2.75, 3.05) is 6.54 Å². The third-order valence-corrected chi connectivity index (χ3v) is 5.79. The summed E-state index contributed by atoms with van der Waals surface area (Å²) in [7, 11) is 0. The Morgan fingerprint density at radius 1 is 0.861 bits per heavy atom. The lowest BCUT2D eigenvalue weighted by Gasteiger charge is -2.27. The van der Waals surface area contributed by atoms with Crippen molar-refractivity contribution >= 4 is 23.7 Å². The molecule has 0 saturated heterocycles. The number of unbranched alkanes of at least 4 members (excludes halogenated alkanes) is 1. The molecule has 4 unspecified atom stereocenters. The topological polar surface area (TPSA) is 177 Å². The fourth-order valence-corrected chi connectivity index (χ4v) is 3.75. The molecule has 0 heterocycles. The highest BCUT2D eigenvalue weighted by Gasteiger charge is 2.31. The van der Waals surface area contributed by atoms with Gasteiger partial charge in [0.25, 0.3) is 0 Å². The number of nitrogens with one attached hydrogen (secondary N) is 3. The second-order valence-corrected chi connectivity index (χ2v) is 9.90. The van der Waals surface area contributed by atoms with Gasteiger partial charge in [-0.15, -0.1) is 0 Å². The predicted molar refractivity (Wildman–Crippen MR) is 139 cm³/mol. The minimum atomic E-state index is -1.16. The molecule has 0 bridgehead atoms. The molecule has 1 aromatic rings. The minimum Gasteiger partial charge on any atom is -0.480 e. The minimum absolute atomic E-state index is 0.152. The van der Waals surface area contributed by atoms with E-state index < -0.39 is 47.9 Å². The lowest BCUT2D eigenvalue weighted by Crippen LogP contribution is -2.59. The van der Waals surface area contributed by atoms with E-state index in [1.807, 2.05) is 44.2 Å². The summed E-state index contributed by atoms with van der Waals surface area (Å²) in [6.07, 6.45) is 2.03. The molecular formula is C26H43N5O5. The summed E-state index contributed by atoms with van der Waals surface area (Å²) in [5, 5.41) is 17.5. The molecule has 36 heavy (non-hydrogen) atoms. The van der Waals surface area contributed by atoms with Crippen LogP contribution < -0.4 is 27.4 Å². The van der Waals surface area contributed by atoms with Gasteiger partial charge in [0, 0.05) is 6.42 Å². The maximum absolute atomic E-state index is 13.2. The number of hydrogen-bond donors (Lipinski definition) is 6. The molecule has 8 N–H and O–H groups in total. The van der Waals surface area contributed by atoms with Crippen LogP contribution in [-0.2, 0) is 25.6 Å². The van der Waals surface area contributed by atoms with Crippen LogP contribution in [0, 0.1) is 11.8 Å². The zero-order valence-corrected chi connectivity index (χ0v) is 21.8. The van der Waals surface area contributed by atoms with Gasteiger partial charge in [-0.2, -0.15) is 0 Å². The van der Waals surface area contributed by atoms with Crippen LogP contribution in [0.2, 0.25) is 0 Å². The average molecular weight is 506 g/mol.